The number of hydrogen-bond acceptors (Lipinski definition) is 1. The van der Waals surface area contributed by atoms with E-state index >= 15 is 0 Å². The summed E-state index contributed by atoms with van der Waals surface area (Å²) >= 11 is 3.20. The fraction of sp³-hybridized carbons (Fsp3) is 0.294. The SMILES string of the molecule is CCNC(CCc1ccccc1)c1ccc(Br)c(F)c1. The minimum Gasteiger partial charge on any atom is -0.310 e. The minimum absolute atomic E-state index is 0.183. The van der Waals surface area contributed by atoms with E-state index in [1.165, 1.54) is 5.56 Å². The van der Waals surface area contributed by atoms with E-state index in [0.29, 0.717) is 4.47 Å². The molecule has 0 heterocycles. The van der Waals surface area contributed by atoms with Crippen LogP contribution in [0.5, 0.6) is 0 Å². The molecule has 1 N–H and O–H groups in total. The van der Waals surface area contributed by atoms with Crippen molar-refractivity contribution in [1.29, 1.82) is 0 Å². The predicted molar refractivity (Wildman–Crippen MR) is 85.3 cm³/mol. The molecule has 1 nitrogen and oxygen atoms in total. The van der Waals surface area contributed by atoms with Crippen molar-refractivity contribution in [2.24, 2.45) is 0 Å². The summed E-state index contributed by atoms with van der Waals surface area (Å²) in [5.74, 6) is -0.204. The van der Waals surface area contributed by atoms with Crippen molar-refractivity contribution in [2.45, 2.75) is 25.8 Å². The van der Waals surface area contributed by atoms with Crippen molar-refractivity contribution < 1.29 is 4.39 Å². The third kappa shape index (κ3) is 4.15. The quantitative estimate of drug-likeness (QED) is 0.793. The molecule has 2 aromatic rings. The summed E-state index contributed by atoms with van der Waals surface area (Å²) in [5, 5.41) is 3.43. The van der Waals surface area contributed by atoms with Crippen molar-refractivity contribution in [3.63, 3.8) is 0 Å². The summed E-state index contributed by atoms with van der Waals surface area (Å²) in [6.07, 6.45) is 1.94. The summed E-state index contributed by atoms with van der Waals surface area (Å²) in [5.41, 5.74) is 2.32. The smallest absolute Gasteiger partial charge is 0.137 e. The number of nitrogens with one attached hydrogen (secondary N) is 1. The molecule has 0 aliphatic heterocycles. The molecule has 3 heteroatoms. The molecule has 1 atom stereocenters. The average Bonchev–Trinajstić information content (AvgIpc) is 2.47. The second kappa shape index (κ2) is 7.55. The molecule has 0 spiro atoms. The molecule has 0 aliphatic carbocycles. The van der Waals surface area contributed by atoms with Gasteiger partial charge in [0.05, 0.1) is 4.47 Å². The standard InChI is InChI=1S/C17H19BrFN/c1-2-20-17(11-8-13-6-4-3-5-7-13)14-9-10-15(18)16(19)12-14/h3-7,9-10,12,17,20H,2,8,11H2,1H3. The van der Waals surface area contributed by atoms with Gasteiger partial charge >= 0.3 is 0 Å². The first-order valence-electron chi connectivity index (χ1n) is 6.93. The largest absolute Gasteiger partial charge is 0.310 e. The van der Waals surface area contributed by atoms with Gasteiger partial charge in [0.2, 0.25) is 0 Å². The van der Waals surface area contributed by atoms with Crippen LogP contribution in [0, 0.1) is 5.82 Å². The summed E-state index contributed by atoms with van der Waals surface area (Å²) in [6, 6.07) is 15.9. The van der Waals surface area contributed by atoms with Crippen LogP contribution in [0.15, 0.2) is 53.0 Å². The van der Waals surface area contributed by atoms with Crippen LogP contribution in [0.2, 0.25) is 0 Å². The van der Waals surface area contributed by atoms with Crippen LogP contribution in [0.3, 0.4) is 0 Å². The van der Waals surface area contributed by atoms with Gasteiger partial charge in [0.15, 0.2) is 0 Å². The summed E-state index contributed by atoms with van der Waals surface area (Å²) in [4.78, 5) is 0. The highest BCUT2D eigenvalue weighted by Crippen LogP contribution is 2.24. The van der Waals surface area contributed by atoms with Gasteiger partial charge in [0.1, 0.15) is 5.82 Å². The molecular weight excluding hydrogens is 317 g/mol. The lowest BCUT2D eigenvalue weighted by Gasteiger charge is -2.19. The van der Waals surface area contributed by atoms with Crippen LogP contribution in [-0.4, -0.2) is 6.54 Å². The second-order valence-electron chi connectivity index (χ2n) is 4.81. The number of hydrogen-bond donors (Lipinski definition) is 1. The first-order chi connectivity index (χ1) is 9.70. The molecular formula is C17H19BrFN. The first-order valence-corrected chi connectivity index (χ1v) is 7.72. The van der Waals surface area contributed by atoms with E-state index in [1.807, 2.05) is 12.1 Å². The number of benzene rings is 2. The molecule has 2 aromatic carbocycles. The maximum atomic E-state index is 13.7. The fourth-order valence-corrected chi connectivity index (χ4v) is 2.56. The monoisotopic (exact) mass is 335 g/mol. The zero-order valence-corrected chi connectivity index (χ0v) is 13.2. The lowest BCUT2D eigenvalue weighted by molar-refractivity contribution is 0.510. The molecule has 2 rings (SSSR count). The van der Waals surface area contributed by atoms with Gasteiger partial charge in [-0.15, -0.1) is 0 Å². The predicted octanol–water partition coefficient (Wildman–Crippen LogP) is 4.87. The lowest BCUT2D eigenvalue weighted by Crippen LogP contribution is -2.21. The Morgan fingerprint density at radius 3 is 2.55 bits per heavy atom. The molecule has 0 saturated carbocycles. The second-order valence-corrected chi connectivity index (χ2v) is 5.66. The molecule has 106 valence electrons. The van der Waals surface area contributed by atoms with Crippen molar-refractivity contribution >= 4 is 15.9 Å². The topological polar surface area (TPSA) is 12.0 Å². The van der Waals surface area contributed by atoms with Crippen molar-refractivity contribution in [2.75, 3.05) is 6.54 Å². The van der Waals surface area contributed by atoms with E-state index in [1.54, 1.807) is 12.1 Å². The van der Waals surface area contributed by atoms with E-state index in [9.17, 15) is 4.39 Å². The highest BCUT2D eigenvalue weighted by atomic mass is 79.9. The Bertz CT molecular complexity index is 542. The van der Waals surface area contributed by atoms with Crippen molar-refractivity contribution in [3.05, 3.63) is 69.9 Å². The normalized spacial score (nSPS) is 12.3. The summed E-state index contributed by atoms with van der Waals surface area (Å²) < 4.78 is 14.2. The van der Waals surface area contributed by atoms with Crippen LogP contribution in [0.4, 0.5) is 4.39 Å². The van der Waals surface area contributed by atoms with E-state index < -0.39 is 0 Å². The van der Waals surface area contributed by atoms with E-state index in [-0.39, 0.29) is 11.9 Å². The molecule has 0 amide bonds. The Balaban J connectivity index is 2.08. The molecule has 0 fully saturated rings. The Kier molecular flexibility index (Phi) is 5.74. The van der Waals surface area contributed by atoms with E-state index in [4.69, 9.17) is 0 Å². The average molecular weight is 336 g/mol. The third-order valence-electron chi connectivity index (χ3n) is 3.36. The van der Waals surface area contributed by atoms with Crippen LogP contribution >= 0.6 is 15.9 Å². The molecule has 0 bridgehead atoms. The Hall–Kier alpha value is -1.19. The minimum atomic E-state index is -0.204. The van der Waals surface area contributed by atoms with Gasteiger partial charge in [0, 0.05) is 6.04 Å². The third-order valence-corrected chi connectivity index (χ3v) is 4.00. The van der Waals surface area contributed by atoms with Gasteiger partial charge in [-0.3, -0.25) is 0 Å². The fourth-order valence-electron chi connectivity index (χ4n) is 2.32. The van der Waals surface area contributed by atoms with Gasteiger partial charge in [-0.2, -0.15) is 0 Å². The maximum absolute atomic E-state index is 13.7. The molecule has 0 aromatic heterocycles. The molecule has 0 saturated heterocycles. The molecule has 0 aliphatic rings. The highest BCUT2D eigenvalue weighted by Gasteiger charge is 2.12. The van der Waals surface area contributed by atoms with Crippen LogP contribution in [0.25, 0.3) is 0 Å². The van der Waals surface area contributed by atoms with Gasteiger partial charge in [-0.1, -0.05) is 43.3 Å². The Morgan fingerprint density at radius 2 is 1.90 bits per heavy atom. The summed E-state index contributed by atoms with van der Waals surface area (Å²) in [7, 11) is 0. The van der Waals surface area contributed by atoms with Crippen LogP contribution < -0.4 is 5.32 Å². The number of aryl methyl sites for hydroxylation is 1. The first kappa shape index (κ1) is 15.2. The van der Waals surface area contributed by atoms with Gasteiger partial charge in [-0.05, 0) is 58.6 Å². The zero-order chi connectivity index (χ0) is 14.4. The Morgan fingerprint density at radius 1 is 1.15 bits per heavy atom. The van der Waals surface area contributed by atoms with Crippen LogP contribution in [0.1, 0.15) is 30.5 Å². The highest BCUT2D eigenvalue weighted by molar-refractivity contribution is 9.10. The molecule has 0 radical (unpaired) electrons. The van der Waals surface area contributed by atoms with Gasteiger partial charge in [-0.25, -0.2) is 4.39 Å². The lowest BCUT2D eigenvalue weighted by atomic mass is 9.99. The van der Waals surface area contributed by atoms with Gasteiger partial charge in [0.25, 0.3) is 0 Å². The van der Waals surface area contributed by atoms with Crippen molar-refractivity contribution in [3.8, 4) is 0 Å². The zero-order valence-electron chi connectivity index (χ0n) is 11.6. The van der Waals surface area contributed by atoms with Gasteiger partial charge < -0.3 is 5.32 Å². The number of halogens is 2. The molecule has 1 unspecified atom stereocenters. The van der Waals surface area contributed by atoms with E-state index in [2.05, 4.69) is 52.4 Å². The van der Waals surface area contributed by atoms with Crippen molar-refractivity contribution in [1.82, 2.24) is 5.32 Å². The maximum Gasteiger partial charge on any atom is 0.137 e. The van der Waals surface area contributed by atoms with Crippen LogP contribution in [-0.2, 0) is 6.42 Å². The number of rotatable bonds is 6. The Labute approximate surface area is 128 Å². The molecule has 20 heavy (non-hydrogen) atoms. The van der Waals surface area contributed by atoms with E-state index in [0.717, 1.165) is 24.9 Å². The summed E-state index contributed by atoms with van der Waals surface area (Å²) in [6.45, 7) is 2.95.